The highest BCUT2D eigenvalue weighted by molar-refractivity contribution is 8.18. The number of aryl methyl sites for hydroxylation is 1. The molecule has 0 saturated carbocycles. The quantitative estimate of drug-likeness (QED) is 0.181. The zero-order chi connectivity index (χ0) is 28.9. The Hall–Kier alpha value is -4.23. The van der Waals surface area contributed by atoms with Gasteiger partial charge in [0.2, 0.25) is 0 Å². The second-order valence-electron chi connectivity index (χ2n) is 10.2. The molecule has 1 saturated heterocycles. The van der Waals surface area contributed by atoms with Gasteiger partial charge in [-0.2, -0.15) is 0 Å². The Balaban J connectivity index is 1.25. The Morgan fingerprint density at radius 3 is 2.49 bits per heavy atom. The van der Waals surface area contributed by atoms with Gasteiger partial charge in [0, 0.05) is 0 Å². The predicted octanol–water partition coefficient (Wildman–Crippen LogP) is 7.97. The van der Waals surface area contributed by atoms with Crippen molar-refractivity contribution in [3.05, 3.63) is 106 Å². The van der Waals surface area contributed by atoms with Crippen LogP contribution in [0.15, 0.2) is 83.8 Å². The maximum Gasteiger partial charge on any atom is 0.293 e. The van der Waals surface area contributed by atoms with Gasteiger partial charge >= 0.3 is 0 Å². The lowest BCUT2D eigenvalue weighted by atomic mass is 10.0. The topological polar surface area (TPSA) is 65.1 Å². The van der Waals surface area contributed by atoms with Gasteiger partial charge in [0.05, 0.1) is 18.6 Å². The lowest BCUT2D eigenvalue weighted by Crippen LogP contribution is -2.32. The number of hydrogen-bond acceptors (Lipinski definition) is 6. The van der Waals surface area contributed by atoms with E-state index in [1.165, 1.54) is 4.90 Å². The Morgan fingerprint density at radius 2 is 1.68 bits per heavy atom. The first kappa shape index (κ1) is 28.3. The molecule has 1 fully saturated rings. The van der Waals surface area contributed by atoms with Crippen LogP contribution in [-0.4, -0.2) is 36.3 Å². The molecule has 5 rings (SSSR count). The second kappa shape index (κ2) is 12.5. The van der Waals surface area contributed by atoms with Crippen molar-refractivity contribution in [2.75, 3.05) is 20.3 Å². The van der Waals surface area contributed by atoms with Crippen LogP contribution < -0.4 is 14.2 Å². The van der Waals surface area contributed by atoms with Crippen LogP contribution in [0.1, 0.15) is 42.0 Å². The Bertz CT molecular complexity index is 1620. The molecule has 1 aliphatic rings. The van der Waals surface area contributed by atoms with E-state index in [1.807, 2.05) is 43.3 Å². The first-order valence-electron chi connectivity index (χ1n) is 13.6. The van der Waals surface area contributed by atoms with E-state index in [1.54, 1.807) is 19.3 Å². The second-order valence-corrected chi connectivity index (χ2v) is 11.2. The van der Waals surface area contributed by atoms with Crippen molar-refractivity contribution in [3.63, 3.8) is 0 Å². The van der Waals surface area contributed by atoms with Gasteiger partial charge in [0.25, 0.3) is 11.1 Å². The minimum atomic E-state index is -0.327. The van der Waals surface area contributed by atoms with E-state index >= 15 is 0 Å². The summed E-state index contributed by atoms with van der Waals surface area (Å²) in [6, 6.07) is 25.9. The lowest BCUT2D eigenvalue weighted by Gasteiger charge is -2.17. The average molecular weight is 568 g/mol. The standard InChI is InChI=1S/C34H33NO5S/c1-22(2)27-14-12-23(3)18-30(27)39-17-16-35-33(36)32(41-34(35)37)20-24-13-15-29(31(19-24)38-4)40-21-26-10-7-9-25-8-5-6-11-28(25)26/h5-15,18-20,22H,16-17,21H2,1-4H3/b32-20-. The van der Waals surface area contributed by atoms with Gasteiger partial charge in [-0.3, -0.25) is 14.5 Å². The van der Waals surface area contributed by atoms with Crippen LogP contribution in [0, 0.1) is 6.92 Å². The molecule has 41 heavy (non-hydrogen) atoms. The molecule has 0 aromatic heterocycles. The normalized spacial score (nSPS) is 14.4. The molecule has 0 bridgehead atoms. The summed E-state index contributed by atoms with van der Waals surface area (Å²) < 4.78 is 17.7. The Labute approximate surface area is 244 Å². The average Bonchev–Trinajstić information content (AvgIpc) is 3.23. The first-order valence-corrected chi connectivity index (χ1v) is 14.4. The van der Waals surface area contributed by atoms with Crippen molar-refractivity contribution in [1.29, 1.82) is 0 Å². The van der Waals surface area contributed by atoms with Crippen LogP contribution in [0.2, 0.25) is 0 Å². The SMILES string of the molecule is COc1cc(/C=C2\SC(=O)N(CCOc3cc(C)ccc3C(C)C)C2=O)ccc1OCc1cccc2ccccc12. The van der Waals surface area contributed by atoms with E-state index in [2.05, 4.69) is 50.2 Å². The molecule has 1 heterocycles. The van der Waals surface area contributed by atoms with Crippen LogP contribution >= 0.6 is 11.8 Å². The number of carbonyl (C=O) groups is 2. The highest BCUT2D eigenvalue weighted by Crippen LogP contribution is 2.35. The number of thioether (sulfide) groups is 1. The maximum absolute atomic E-state index is 13.1. The van der Waals surface area contributed by atoms with Gasteiger partial charge in [-0.1, -0.05) is 74.5 Å². The van der Waals surface area contributed by atoms with Crippen molar-refractivity contribution in [1.82, 2.24) is 4.90 Å². The molecule has 6 nitrogen and oxygen atoms in total. The van der Waals surface area contributed by atoms with E-state index in [9.17, 15) is 9.59 Å². The summed E-state index contributed by atoms with van der Waals surface area (Å²) in [6.07, 6.45) is 1.71. The third kappa shape index (κ3) is 6.41. The monoisotopic (exact) mass is 567 g/mol. The molecule has 0 aliphatic carbocycles. The molecule has 0 N–H and O–H groups in total. The van der Waals surface area contributed by atoms with E-state index in [0.717, 1.165) is 50.5 Å². The number of hydrogen-bond donors (Lipinski definition) is 0. The number of rotatable bonds is 10. The summed E-state index contributed by atoms with van der Waals surface area (Å²) in [6.45, 7) is 7.02. The van der Waals surface area contributed by atoms with Gasteiger partial charge in [0.15, 0.2) is 11.5 Å². The van der Waals surface area contributed by atoms with Crippen molar-refractivity contribution >= 4 is 39.8 Å². The molecule has 7 heteroatoms. The van der Waals surface area contributed by atoms with Crippen LogP contribution in [0.4, 0.5) is 4.79 Å². The maximum atomic E-state index is 13.1. The Morgan fingerprint density at radius 1 is 0.878 bits per heavy atom. The van der Waals surface area contributed by atoms with Crippen LogP contribution in [0.3, 0.4) is 0 Å². The summed E-state index contributed by atoms with van der Waals surface area (Å²) in [5.41, 5.74) is 4.01. The fourth-order valence-electron chi connectivity index (χ4n) is 4.80. The lowest BCUT2D eigenvalue weighted by molar-refractivity contribution is -0.123. The molecule has 4 aromatic carbocycles. The molecular weight excluding hydrogens is 534 g/mol. The van der Waals surface area contributed by atoms with Gasteiger partial charge in [-0.25, -0.2) is 0 Å². The molecule has 0 unspecified atom stereocenters. The minimum Gasteiger partial charge on any atom is -0.493 e. The Kier molecular flexibility index (Phi) is 8.64. The van der Waals surface area contributed by atoms with E-state index in [-0.39, 0.29) is 24.3 Å². The smallest absolute Gasteiger partial charge is 0.293 e. The van der Waals surface area contributed by atoms with Crippen molar-refractivity contribution in [2.24, 2.45) is 0 Å². The third-order valence-corrected chi connectivity index (χ3v) is 7.89. The predicted molar refractivity (Wildman–Crippen MR) is 165 cm³/mol. The molecule has 0 atom stereocenters. The van der Waals surface area contributed by atoms with E-state index < -0.39 is 0 Å². The highest BCUT2D eigenvalue weighted by atomic mass is 32.2. The third-order valence-electron chi connectivity index (χ3n) is 6.99. The van der Waals surface area contributed by atoms with Crippen molar-refractivity contribution < 1.29 is 23.8 Å². The first-order chi connectivity index (χ1) is 19.8. The van der Waals surface area contributed by atoms with E-state index in [4.69, 9.17) is 14.2 Å². The number of fused-ring (bicyclic) bond motifs is 1. The molecule has 1 aliphatic heterocycles. The number of nitrogens with zero attached hydrogens (tertiary/aromatic N) is 1. The van der Waals surface area contributed by atoms with Gasteiger partial charge in [0.1, 0.15) is 19.0 Å². The van der Waals surface area contributed by atoms with Gasteiger partial charge in [-0.15, -0.1) is 0 Å². The van der Waals surface area contributed by atoms with Crippen molar-refractivity contribution in [3.8, 4) is 17.2 Å². The number of amides is 2. The summed E-state index contributed by atoms with van der Waals surface area (Å²) in [5.74, 6) is 1.91. The van der Waals surface area contributed by atoms with E-state index in [0.29, 0.717) is 28.9 Å². The van der Waals surface area contributed by atoms with Gasteiger partial charge in [-0.05, 0) is 81.9 Å². The minimum absolute atomic E-state index is 0.178. The molecule has 0 spiro atoms. The largest absolute Gasteiger partial charge is 0.493 e. The van der Waals surface area contributed by atoms with Crippen LogP contribution in [0.25, 0.3) is 16.8 Å². The number of imide groups is 1. The summed E-state index contributed by atoms with van der Waals surface area (Å²) in [4.78, 5) is 27.4. The molecule has 4 aromatic rings. The number of methoxy groups -OCH3 is 1. The van der Waals surface area contributed by atoms with Crippen molar-refractivity contribution in [2.45, 2.75) is 33.3 Å². The highest BCUT2D eigenvalue weighted by Gasteiger charge is 2.35. The van der Waals surface area contributed by atoms with Crippen LogP contribution in [-0.2, 0) is 11.4 Å². The molecular formula is C34H33NO5S. The zero-order valence-corrected chi connectivity index (χ0v) is 24.5. The summed E-state index contributed by atoms with van der Waals surface area (Å²) in [7, 11) is 1.58. The fourth-order valence-corrected chi connectivity index (χ4v) is 5.67. The van der Waals surface area contributed by atoms with Gasteiger partial charge < -0.3 is 14.2 Å². The molecule has 0 radical (unpaired) electrons. The fraction of sp³-hybridized carbons (Fsp3) is 0.235. The summed E-state index contributed by atoms with van der Waals surface area (Å²) in [5, 5.41) is 2.00. The van der Waals surface area contributed by atoms with Crippen LogP contribution in [0.5, 0.6) is 17.2 Å². The number of benzene rings is 4. The number of carbonyl (C=O) groups excluding carboxylic acids is 2. The zero-order valence-electron chi connectivity index (χ0n) is 23.7. The molecule has 2 amide bonds. The molecule has 210 valence electrons. The summed E-state index contributed by atoms with van der Waals surface area (Å²) >= 11 is 0.931. The number of ether oxygens (including phenoxy) is 3.